The molecule has 7 heteroatoms. The summed E-state index contributed by atoms with van der Waals surface area (Å²) in [6.45, 7) is 1.60. The highest BCUT2D eigenvalue weighted by Gasteiger charge is 2.45. The van der Waals surface area contributed by atoms with Gasteiger partial charge < -0.3 is 15.7 Å². The van der Waals surface area contributed by atoms with E-state index in [4.69, 9.17) is 11.6 Å². The Morgan fingerprint density at radius 1 is 1.48 bits per heavy atom. The van der Waals surface area contributed by atoms with Gasteiger partial charge in [0, 0.05) is 6.04 Å². The summed E-state index contributed by atoms with van der Waals surface area (Å²) in [7, 11) is 0. The van der Waals surface area contributed by atoms with Gasteiger partial charge in [0.25, 0.3) is 0 Å². The van der Waals surface area contributed by atoms with Gasteiger partial charge in [-0.05, 0) is 31.9 Å². The highest BCUT2D eigenvalue weighted by molar-refractivity contribution is 6.31. The Morgan fingerprint density at radius 2 is 2.19 bits per heavy atom. The van der Waals surface area contributed by atoms with E-state index in [1.165, 1.54) is 18.2 Å². The molecule has 2 rings (SSSR count). The molecule has 21 heavy (non-hydrogen) atoms. The predicted octanol–water partition coefficient (Wildman–Crippen LogP) is 3.24. The van der Waals surface area contributed by atoms with Crippen LogP contribution in [0, 0.1) is 11.2 Å². The molecule has 2 amide bonds. The van der Waals surface area contributed by atoms with Crippen LogP contribution < -0.4 is 10.6 Å². The summed E-state index contributed by atoms with van der Waals surface area (Å²) >= 11 is 5.63. The number of carbonyl (C=O) groups excluding carboxylic acids is 1. The van der Waals surface area contributed by atoms with E-state index in [0.29, 0.717) is 12.8 Å². The van der Waals surface area contributed by atoms with Crippen molar-refractivity contribution >= 4 is 29.3 Å². The van der Waals surface area contributed by atoms with Gasteiger partial charge in [0.05, 0.1) is 16.1 Å². The summed E-state index contributed by atoms with van der Waals surface area (Å²) in [6, 6.07) is 3.13. The molecule has 1 aromatic carbocycles. The van der Waals surface area contributed by atoms with Gasteiger partial charge >= 0.3 is 12.0 Å². The van der Waals surface area contributed by atoms with E-state index >= 15 is 0 Å². The Labute approximate surface area is 126 Å². The summed E-state index contributed by atoms with van der Waals surface area (Å²) in [5.74, 6) is -1.67. The Bertz CT molecular complexity index is 581. The molecule has 1 aromatic rings. The van der Waals surface area contributed by atoms with E-state index in [1.807, 2.05) is 0 Å². The maximum Gasteiger partial charge on any atom is 0.319 e. The molecule has 0 aliphatic heterocycles. The van der Waals surface area contributed by atoms with E-state index in [9.17, 15) is 19.1 Å². The van der Waals surface area contributed by atoms with Gasteiger partial charge in [0.2, 0.25) is 0 Å². The van der Waals surface area contributed by atoms with Crippen molar-refractivity contribution in [3.8, 4) is 0 Å². The first-order valence-electron chi connectivity index (χ1n) is 6.59. The Hall–Kier alpha value is -1.82. The summed E-state index contributed by atoms with van der Waals surface area (Å²) in [6.07, 6.45) is 1.80. The SMILES string of the molecule is CC1(C(=O)O)CCCC1NC(=O)Nc1cccc(Cl)c1F. The molecule has 1 saturated carbocycles. The zero-order valence-corrected chi connectivity index (χ0v) is 12.2. The van der Waals surface area contributed by atoms with Crippen molar-refractivity contribution in [2.45, 2.75) is 32.2 Å². The fraction of sp³-hybridized carbons (Fsp3) is 0.429. The van der Waals surface area contributed by atoms with Crippen LogP contribution in [0.25, 0.3) is 0 Å². The molecule has 0 bridgehead atoms. The lowest BCUT2D eigenvalue weighted by Gasteiger charge is -2.27. The number of hydrogen-bond acceptors (Lipinski definition) is 2. The summed E-state index contributed by atoms with van der Waals surface area (Å²) in [5, 5.41) is 14.1. The maximum absolute atomic E-state index is 13.7. The van der Waals surface area contributed by atoms with Crippen molar-refractivity contribution < 1.29 is 19.1 Å². The smallest absolute Gasteiger partial charge is 0.319 e. The van der Waals surface area contributed by atoms with Crippen LogP contribution in [0.1, 0.15) is 26.2 Å². The lowest BCUT2D eigenvalue weighted by Crippen LogP contribution is -2.48. The van der Waals surface area contributed by atoms with Crippen molar-refractivity contribution in [2.24, 2.45) is 5.41 Å². The van der Waals surface area contributed by atoms with Gasteiger partial charge in [-0.1, -0.05) is 24.1 Å². The van der Waals surface area contributed by atoms with E-state index in [0.717, 1.165) is 6.42 Å². The van der Waals surface area contributed by atoms with E-state index in [-0.39, 0.29) is 10.7 Å². The van der Waals surface area contributed by atoms with Crippen molar-refractivity contribution in [2.75, 3.05) is 5.32 Å². The summed E-state index contributed by atoms with van der Waals surface area (Å²) < 4.78 is 13.7. The molecule has 3 N–H and O–H groups in total. The van der Waals surface area contributed by atoms with Crippen LogP contribution in [0.3, 0.4) is 0 Å². The number of aliphatic carboxylic acids is 1. The molecular weight excluding hydrogens is 299 g/mol. The standard InChI is InChI=1S/C14H16ClFN2O3/c1-14(12(19)20)7-3-6-10(14)18-13(21)17-9-5-2-4-8(15)11(9)16/h2,4-5,10H,3,6-7H2,1H3,(H,19,20)(H2,17,18,21). The lowest BCUT2D eigenvalue weighted by molar-refractivity contribution is -0.148. The minimum absolute atomic E-state index is 0.0463. The zero-order valence-electron chi connectivity index (χ0n) is 11.5. The Morgan fingerprint density at radius 3 is 2.86 bits per heavy atom. The minimum atomic E-state index is -0.996. The highest BCUT2D eigenvalue weighted by Crippen LogP contribution is 2.38. The van der Waals surface area contributed by atoms with Crippen molar-refractivity contribution in [1.29, 1.82) is 0 Å². The number of halogens is 2. The molecule has 0 saturated heterocycles. The van der Waals surface area contributed by atoms with Crippen molar-refractivity contribution in [3.63, 3.8) is 0 Å². The summed E-state index contributed by atoms with van der Waals surface area (Å²) in [5.41, 5.74) is -1.04. The third kappa shape index (κ3) is 3.10. The highest BCUT2D eigenvalue weighted by atomic mass is 35.5. The van der Waals surface area contributed by atoms with Gasteiger partial charge in [-0.3, -0.25) is 4.79 Å². The van der Waals surface area contributed by atoms with E-state index in [2.05, 4.69) is 10.6 Å². The molecule has 2 unspecified atom stereocenters. The first kappa shape index (κ1) is 15.6. The second-order valence-corrected chi connectivity index (χ2v) is 5.77. The van der Waals surface area contributed by atoms with Crippen LogP contribution in [0.2, 0.25) is 5.02 Å². The molecule has 0 aromatic heterocycles. The third-order valence-electron chi connectivity index (χ3n) is 3.95. The predicted molar refractivity (Wildman–Crippen MR) is 76.9 cm³/mol. The van der Waals surface area contributed by atoms with Crippen LogP contribution >= 0.6 is 11.6 Å². The number of carboxylic acids is 1. The molecular formula is C14H16ClFN2O3. The van der Waals surface area contributed by atoms with Crippen LogP contribution in [0.15, 0.2) is 18.2 Å². The number of carboxylic acid groups (broad SMARTS) is 1. The fourth-order valence-corrected chi connectivity index (χ4v) is 2.75. The van der Waals surface area contributed by atoms with Crippen molar-refractivity contribution in [3.05, 3.63) is 29.0 Å². The first-order chi connectivity index (χ1) is 9.84. The molecule has 5 nitrogen and oxygen atoms in total. The molecule has 0 spiro atoms. The zero-order chi connectivity index (χ0) is 15.6. The number of nitrogens with one attached hydrogen (secondary N) is 2. The average Bonchev–Trinajstić information content (AvgIpc) is 2.78. The number of rotatable bonds is 3. The van der Waals surface area contributed by atoms with Gasteiger partial charge in [0.15, 0.2) is 5.82 Å². The van der Waals surface area contributed by atoms with Crippen LogP contribution in [0.5, 0.6) is 0 Å². The molecule has 1 aliphatic rings. The van der Waals surface area contributed by atoms with E-state index in [1.54, 1.807) is 6.92 Å². The second kappa shape index (κ2) is 5.89. The molecule has 1 fully saturated rings. The molecule has 2 atom stereocenters. The Kier molecular flexibility index (Phi) is 4.37. The number of carbonyl (C=O) groups is 2. The number of amides is 2. The monoisotopic (exact) mass is 314 g/mol. The number of urea groups is 1. The first-order valence-corrected chi connectivity index (χ1v) is 6.97. The van der Waals surface area contributed by atoms with Gasteiger partial charge in [-0.2, -0.15) is 0 Å². The third-order valence-corrected chi connectivity index (χ3v) is 4.24. The lowest BCUT2D eigenvalue weighted by atomic mass is 9.85. The number of benzene rings is 1. The normalized spacial score (nSPS) is 24.6. The largest absolute Gasteiger partial charge is 0.481 e. The van der Waals surface area contributed by atoms with Crippen LogP contribution in [0.4, 0.5) is 14.9 Å². The molecule has 0 radical (unpaired) electrons. The molecule has 114 valence electrons. The van der Waals surface area contributed by atoms with Crippen LogP contribution in [-0.2, 0) is 4.79 Å². The summed E-state index contributed by atoms with van der Waals surface area (Å²) in [4.78, 5) is 23.2. The van der Waals surface area contributed by atoms with Gasteiger partial charge in [-0.15, -0.1) is 0 Å². The topological polar surface area (TPSA) is 78.4 Å². The maximum atomic E-state index is 13.7. The van der Waals surface area contributed by atoms with Crippen LogP contribution in [-0.4, -0.2) is 23.1 Å². The number of anilines is 1. The van der Waals surface area contributed by atoms with E-state index < -0.39 is 29.3 Å². The fourth-order valence-electron chi connectivity index (χ4n) is 2.57. The van der Waals surface area contributed by atoms with Gasteiger partial charge in [-0.25, -0.2) is 9.18 Å². The minimum Gasteiger partial charge on any atom is -0.481 e. The molecule has 0 heterocycles. The van der Waals surface area contributed by atoms with Crippen molar-refractivity contribution in [1.82, 2.24) is 5.32 Å². The average molecular weight is 315 g/mol. The number of hydrogen-bond donors (Lipinski definition) is 3. The quantitative estimate of drug-likeness (QED) is 0.801. The van der Waals surface area contributed by atoms with Gasteiger partial charge in [0.1, 0.15) is 0 Å². The second-order valence-electron chi connectivity index (χ2n) is 5.37. The Balaban J connectivity index is 2.05. The molecule has 1 aliphatic carbocycles.